The maximum absolute atomic E-state index is 12.9. The van der Waals surface area contributed by atoms with Crippen molar-refractivity contribution in [1.82, 2.24) is 19.7 Å². The van der Waals surface area contributed by atoms with E-state index in [2.05, 4.69) is 21.9 Å². The lowest BCUT2D eigenvalue weighted by Crippen LogP contribution is -2.23. The van der Waals surface area contributed by atoms with Gasteiger partial charge in [-0.15, -0.1) is 11.8 Å². The summed E-state index contributed by atoms with van der Waals surface area (Å²) in [5.74, 6) is 1.73. The summed E-state index contributed by atoms with van der Waals surface area (Å²) in [6, 6.07) is 9.80. The molecule has 2 atom stereocenters. The van der Waals surface area contributed by atoms with Crippen LogP contribution in [0.15, 0.2) is 43.0 Å². The molecule has 2 unspecified atom stereocenters. The topological polar surface area (TPSA) is 81.9 Å². The number of ether oxygens (including phenoxy) is 1. The SMILES string of the molecule is C=CCOc1ccccc1C1SC(C)C(=O)Nc2c1c(C)nn2-c1nc(C)cc(C)n1. The van der Waals surface area contributed by atoms with E-state index < -0.39 is 0 Å². The van der Waals surface area contributed by atoms with E-state index in [1.165, 1.54) is 0 Å². The number of para-hydroxylation sites is 1. The Kier molecular flexibility index (Phi) is 5.82. The summed E-state index contributed by atoms with van der Waals surface area (Å²) in [7, 11) is 0. The van der Waals surface area contributed by atoms with Gasteiger partial charge in [0.2, 0.25) is 5.91 Å². The van der Waals surface area contributed by atoms with Crippen molar-refractivity contribution in [2.45, 2.75) is 38.2 Å². The Balaban J connectivity index is 1.91. The second-order valence-electron chi connectivity index (χ2n) is 7.50. The fourth-order valence-corrected chi connectivity index (χ4v) is 5.03. The number of nitrogens with zero attached hydrogens (tertiary/aromatic N) is 4. The van der Waals surface area contributed by atoms with Crippen LogP contribution in [-0.2, 0) is 4.79 Å². The van der Waals surface area contributed by atoms with Gasteiger partial charge in [0, 0.05) is 22.5 Å². The molecule has 1 aromatic carbocycles. The predicted octanol–water partition coefficient (Wildman–Crippen LogP) is 4.32. The molecule has 0 saturated heterocycles. The average molecular weight is 436 g/mol. The van der Waals surface area contributed by atoms with E-state index in [0.717, 1.165) is 34.0 Å². The number of carbonyl (C=O) groups excluding carboxylic acids is 1. The Hall–Kier alpha value is -3.13. The predicted molar refractivity (Wildman–Crippen MR) is 123 cm³/mol. The first-order chi connectivity index (χ1) is 14.9. The molecule has 0 spiro atoms. The number of fused-ring (bicyclic) bond motifs is 1. The summed E-state index contributed by atoms with van der Waals surface area (Å²) in [4.78, 5) is 22.0. The quantitative estimate of drug-likeness (QED) is 0.601. The van der Waals surface area contributed by atoms with Crippen LogP contribution in [0.3, 0.4) is 0 Å². The smallest absolute Gasteiger partial charge is 0.252 e. The first-order valence-corrected chi connectivity index (χ1v) is 11.0. The van der Waals surface area contributed by atoms with Gasteiger partial charge in [0.15, 0.2) is 0 Å². The third-order valence-corrected chi connectivity index (χ3v) is 6.42. The van der Waals surface area contributed by atoms with E-state index in [9.17, 15) is 4.79 Å². The first kappa shape index (κ1) is 21.1. The van der Waals surface area contributed by atoms with Gasteiger partial charge in [-0.3, -0.25) is 4.79 Å². The maximum Gasteiger partial charge on any atom is 0.252 e. The molecule has 3 aromatic rings. The van der Waals surface area contributed by atoms with Gasteiger partial charge in [-0.05, 0) is 39.8 Å². The maximum atomic E-state index is 12.9. The van der Waals surface area contributed by atoms with Crippen molar-refractivity contribution in [1.29, 1.82) is 0 Å². The standard InChI is InChI=1S/C23H25N5O2S/c1-6-11-30-18-10-8-7-9-17(18)20-19-15(4)27-28(21(19)26-22(29)16(5)31-20)23-24-13(2)12-14(3)25-23/h6-10,12,16,20H,1,11H2,2-5H3,(H,26,29). The number of hydrogen-bond donors (Lipinski definition) is 1. The van der Waals surface area contributed by atoms with Crippen LogP contribution in [0.2, 0.25) is 0 Å². The number of hydrogen-bond acceptors (Lipinski definition) is 6. The number of nitrogens with one attached hydrogen (secondary N) is 1. The molecule has 31 heavy (non-hydrogen) atoms. The number of amides is 1. The lowest BCUT2D eigenvalue weighted by atomic mass is 10.0. The second kappa shape index (κ2) is 8.55. The zero-order valence-electron chi connectivity index (χ0n) is 18.0. The Bertz CT molecular complexity index is 1140. The van der Waals surface area contributed by atoms with Crippen molar-refractivity contribution >= 4 is 23.5 Å². The molecule has 4 rings (SSSR count). The van der Waals surface area contributed by atoms with Gasteiger partial charge in [0.25, 0.3) is 5.95 Å². The van der Waals surface area contributed by atoms with Crippen molar-refractivity contribution in [3.8, 4) is 11.7 Å². The van der Waals surface area contributed by atoms with Crippen LogP contribution in [0.4, 0.5) is 5.82 Å². The van der Waals surface area contributed by atoms with Crippen molar-refractivity contribution in [3.63, 3.8) is 0 Å². The highest BCUT2D eigenvalue weighted by molar-refractivity contribution is 8.01. The molecular weight excluding hydrogens is 410 g/mol. The summed E-state index contributed by atoms with van der Waals surface area (Å²) in [6.07, 6.45) is 1.72. The number of thioether (sulfide) groups is 1. The molecule has 0 saturated carbocycles. The highest BCUT2D eigenvalue weighted by Gasteiger charge is 2.35. The second-order valence-corrected chi connectivity index (χ2v) is 8.95. The van der Waals surface area contributed by atoms with Crippen LogP contribution in [0.5, 0.6) is 5.75 Å². The van der Waals surface area contributed by atoms with Crippen molar-refractivity contribution < 1.29 is 9.53 Å². The zero-order valence-corrected chi connectivity index (χ0v) is 18.9. The van der Waals surface area contributed by atoms with Crippen LogP contribution in [0.1, 0.15) is 40.4 Å². The molecule has 0 bridgehead atoms. The molecule has 2 aromatic heterocycles. The minimum Gasteiger partial charge on any atom is -0.489 e. The highest BCUT2D eigenvalue weighted by Crippen LogP contribution is 2.48. The molecule has 8 heteroatoms. The van der Waals surface area contributed by atoms with Crippen LogP contribution in [0, 0.1) is 20.8 Å². The van der Waals surface area contributed by atoms with Crippen molar-refractivity contribution in [2.24, 2.45) is 0 Å². The Labute approximate surface area is 185 Å². The minimum atomic E-state index is -0.266. The first-order valence-electron chi connectivity index (χ1n) is 10.1. The summed E-state index contributed by atoms with van der Waals surface area (Å²) in [6.45, 7) is 11.8. The van der Waals surface area contributed by atoms with Crippen LogP contribution >= 0.6 is 11.8 Å². The van der Waals surface area contributed by atoms with E-state index >= 15 is 0 Å². The molecule has 7 nitrogen and oxygen atoms in total. The van der Waals surface area contributed by atoms with Gasteiger partial charge in [0.05, 0.1) is 16.2 Å². The van der Waals surface area contributed by atoms with Gasteiger partial charge in [0.1, 0.15) is 18.2 Å². The van der Waals surface area contributed by atoms with Crippen LogP contribution < -0.4 is 10.1 Å². The van der Waals surface area contributed by atoms with Crippen LogP contribution in [0.25, 0.3) is 5.95 Å². The number of aromatic nitrogens is 4. The molecule has 0 fully saturated rings. The summed E-state index contributed by atoms with van der Waals surface area (Å²) in [5, 5.41) is 7.37. The van der Waals surface area contributed by atoms with Gasteiger partial charge in [-0.1, -0.05) is 30.9 Å². The minimum absolute atomic E-state index is 0.0798. The summed E-state index contributed by atoms with van der Waals surface area (Å²) in [5.41, 5.74) is 4.41. The van der Waals surface area contributed by atoms with E-state index in [1.807, 2.05) is 58.0 Å². The molecule has 1 aliphatic heterocycles. The van der Waals surface area contributed by atoms with E-state index in [1.54, 1.807) is 22.5 Å². The zero-order chi connectivity index (χ0) is 22.1. The number of aryl methyl sites for hydroxylation is 3. The normalized spacial score (nSPS) is 18.1. The Morgan fingerprint density at radius 2 is 1.94 bits per heavy atom. The van der Waals surface area contributed by atoms with E-state index in [0.29, 0.717) is 18.4 Å². The summed E-state index contributed by atoms with van der Waals surface area (Å²) >= 11 is 1.58. The average Bonchev–Trinajstić information content (AvgIpc) is 2.98. The Morgan fingerprint density at radius 1 is 1.23 bits per heavy atom. The van der Waals surface area contributed by atoms with Crippen molar-refractivity contribution in [2.75, 3.05) is 11.9 Å². The third-order valence-electron chi connectivity index (χ3n) is 5.04. The molecular formula is C23H25N5O2S. The molecule has 0 aliphatic carbocycles. The van der Waals surface area contributed by atoms with Crippen molar-refractivity contribution in [3.05, 3.63) is 71.2 Å². The summed E-state index contributed by atoms with van der Waals surface area (Å²) < 4.78 is 7.57. The molecule has 1 N–H and O–H groups in total. The van der Waals surface area contributed by atoms with Gasteiger partial charge in [-0.2, -0.15) is 9.78 Å². The fraction of sp³-hybridized carbons (Fsp3) is 0.304. The Morgan fingerprint density at radius 3 is 2.65 bits per heavy atom. The largest absolute Gasteiger partial charge is 0.489 e. The number of anilines is 1. The van der Waals surface area contributed by atoms with E-state index in [4.69, 9.17) is 9.84 Å². The highest BCUT2D eigenvalue weighted by atomic mass is 32.2. The third kappa shape index (κ3) is 4.07. The molecule has 0 radical (unpaired) electrons. The number of rotatable bonds is 5. The fourth-order valence-electron chi connectivity index (χ4n) is 3.68. The molecule has 1 aliphatic rings. The van der Waals surface area contributed by atoms with Gasteiger partial charge < -0.3 is 10.1 Å². The van der Waals surface area contributed by atoms with Gasteiger partial charge in [-0.25, -0.2) is 9.97 Å². The molecule has 3 heterocycles. The molecule has 160 valence electrons. The van der Waals surface area contributed by atoms with Crippen LogP contribution in [-0.4, -0.2) is 37.5 Å². The lowest BCUT2D eigenvalue weighted by Gasteiger charge is -2.20. The van der Waals surface area contributed by atoms with Gasteiger partial charge >= 0.3 is 0 Å². The lowest BCUT2D eigenvalue weighted by molar-refractivity contribution is -0.115. The molecule has 1 amide bonds. The number of carbonyl (C=O) groups is 1. The monoisotopic (exact) mass is 435 g/mol. The number of benzene rings is 1. The van der Waals surface area contributed by atoms with E-state index in [-0.39, 0.29) is 16.4 Å².